The largest absolute Gasteiger partial charge is 0.480 e. The monoisotopic (exact) mass is 1070 g/mol. The number of unbranched alkanes of at least 4 members (excludes halogenated alkanes) is 2. The molecular weight excluding hydrogens is 979 g/mol. The molecule has 10 amide bonds. The first-order valence-electron chi connectivity index (χ1n) is 26.3. The van der Waals surface area contributed by atoms with Crippen molar-refractivity contribution in [2.45, 2.75) is 192 Å². The quantitative estimate of drug-likeness (QED) is 0.0286. The maximum atomic E-state index is 14.5. The van der Waals surface area contributed by atoms with Gasteiger partial charge in [-0.05, 0) is 115 Å². The Kier molecular flexibility index (Phi) is 28.2. The molecule has 0 aromatic carbocycles. The molecule has 2 saturated heterocycles. The van der Waals surface area contributed by atoms with E-state index in [0.29, 0.717) is 51.6 Å². The number of hydrogen-bond acceptors (Lipinski definition) is 15. The summed E-state index contributed by atoms with van der Waals surface area (Å²) in [7, 11) is 0. The molecule has 0 unspecified atom stereocenters. The lowest BCUT2D eigenvalue weighted by Gasteiger charge is -2.34. The van der Waals surface area contributed by atoms with Gasteiger partial charge in [0.15, 0.2) is 0 Å². The van der Waals surface area contributed by atoms with Crippen LogP contribution in [-0.2, 0) is 52.7 Å². The highest BCUT2D eigenvalue weighted by molar-refractivity contribution is 5.99. The Bertz CT molecular complexity index is 1970. The van der Waals surface area contributed by atoms with Crippen LogP contribution in [0, 0.1) is 17.8 Å². The number of nitrogens with one attached hydrogen (secondary N) is 7. The van der Waals surface area contributed by atoms with Crippen molar-refractivity contribution >= 4 is 65.0 Å². The van der Waals surface area contributed by atoms with Gasteiger partial charge in [-0.15, -0.1) is 0 Å². The van der Waals surface area contributed by atoms with E-state index in [1.807, 2.05) is 13.8 Å². The highest BCUT2D eigenvalue weighted by Gasteiger charge is 2.44. The van der Waals surface area contributed by atoms with Crippen LogP contribution in [0.4, 0.5) is 0 Å². The number of nitrogens with zero attached hydrogens (tertiary/aromatic N) is 2. The fourth-order valence-electron chi connectivity index (χ4n) is 8.85. The number of carbonyl (C=O) groups is 11. The summed E-state index contributed by atoms with van der Waals surface area (Å²) in [5.74, 6) is -9.50. The normalized spacial score (nSPS) is 18.7. The number of nitrogens with two attached hydrogens (primary N) is 4. The molecule has 2 aliphatic heterocycles. The van der Waals surface area contributed by atoms with Crippen LogP contribution in [0.15, 0.2) is 0 Å². The first-order valence-corrected chi connectivity index (χ1v) is 26.3. The first-order chi connectivity index (χ1) is 35.3. The summed E-state index contributed by atoms with van der Waals surface area (Å²) in [6.07, 6.45) is 2.93. The summed E-state index contributed by atoms with van der Waals surface area (Å²) in [5, 5.41) is 37.1. The average Bonchev–Trinajstić information content (AvgIpc) is 4.05. The SMILES string of the molecule is CC(C)C[C@H](NC(=O)[C@@H](NC(=O)[C@H](CCCCN)NC(=O)[C@@H](N)CO)C(C)C)C(=O)N1CCC[C@H]1C(=O)N[C@H](C(=O)N1CCC[C@H]1C(=O)N[C@@H](CCC(N)=O)C(=O)N[C@@H](CCCCN)C(=O)N[C@@H](C)C(=O)O)C(C)C. The third kappa shape index (κ3) is 20.9. The van der Waals surface area contributed by atoms with E-state index in [1.165, 1.54) is 16.7 Å². The molecule has 0 aliphatic carbocycles. The Morgan fingerprint density at radius 1 is 0.547 bits per heavy atom. The van der Waals surface area contributed by atoms with Gasteiger partial charge >= 0.3 is 5.97 Å². The number of likely N-dealkylation sites (tertiary alicyclic amines) is 2. The molecule has 426 valence electrons. The van der Waals surface area contributed by atoms with Crippen molar-refractivity contribution in [3.8, 4) is 0 Å². The average molecular weight is 1070 g/mol. The van der Waals surface area contributed by atoms with Crippen LogP contribution >= 0.6 is 0 Å². The van der Waals surface area contributed by atoms with Gasteiger partial charge in [0.25, 0.3) is 0 Å². The number of aliphatic carboxylic acids is 1. The Balaban J connectivity index is 2.32. The minimum Gasteiger partial charge on any atom is -0.480 e. The van der Waals surface area contributed by atoms with E-state index in [-0.39, 0.29) is 64.0 Å². The van der Waals surface area contributed by atoms with Crippen LogP contribution in [0.1, 0.15) is 132 Å². The van der Waals surface area contributed by atoms with Crippen LogP contribution in [0.3, 0.4) is 0 Å². The van der Waals surface area contributed by atoms with E-state index in [4.69, 9.17) is 22.9 Å². The molecule has 0 bridgehead atoms. The molecule has 2 heterocycles. The molecule has 17 N–H and O–H groups in total. The highest BCUT2D eigenvalue weighted by Crippen LogP contribution is 2.24. The summed E-state index contributed by atoms with van der Waals surface area (Å²) >= 11 is 0. The van der Waals surface area contributed by atoms with E-state index in [1.54, 1.807) is 27.7 Å². The lowest BCUT2D eigenvalue weighted by molar-refractivity contribution is -0.145. The van der Waals surface area contributed by atoms with Crippen LogP contribution in [0.5, 0.6) is 0 Å². The lowest BCUT2D eigenvalue weighted by atomic mass is 9.98. The number of carboxylic acid groups (broad SMARTS) is 1. The summed E-state index contributed by atoms with van der Waals surface area (Å²) in [4.78, 5) is 150. The fourth-order valence-corrected chi connectivity index (χ4v) is 8.85. The Morgan fingerprint density at radius 2 is 1.00 bits per heavy atom. The van der Waals surface area contributed by atoms with Crippen LogP contribution < -0.4 is 60.2 Å². The second-order valence-corrected chi connectivity index (χ2v) is 20.6. The summed E-state index contributed by atoms with van der Waals surface area (Å²) in [5.41, 5.74) is 22.3. The molecule has 75 heavy (non-hydrogen) atoms. The van der Waals surface area contributed by atoms with Gasteiger partial charge in [-0.2, -0.15) is 0 Å². The van der Waals surface area contributed by atoms with Gasteiger partial charge in [-0.1, -0.05) is 41.5 Å². The molecule has 26 nitrogen and oxygen atoms in total. The lowest BCUT2D eigenvalue weighted by Crippen LogP contribution is -2.61. The third-order valence-electron chi connectivity index (χ3n) is 13.2. The van der Waals surface area contributed by atoms with E-state index in [9.17, 15) is 63.0 Å². The number of primary amides is 1. The van der Waals surface area contributed by atoms with Gasteiger partial charge in [-0.25, -0.2) is 0 Å². The second kappa shape index (κ2) is 32.5. The van der Waals surface area contributed by atoms with Crippen molar-refractivity contribution in [1.29, 1.82) is 0 Å². The van der Waals surface area contributed by atoms with Crippen molar-refractivity contribution in [3.05, 3.63) is 0 Å². The Labute approximate surface area is 439 Å². The first kappa shape index (κ1) is 65.1. The number of aliphatic hydroxyl groups is 1. The fraction of sp³-hybridized carbons (Fsp3) is 0.776. The molecule has 0 aromatic heterocycles. The van der Waals surface area contributed by atoms with E-state index in [0.717, 1.165) is 0 Å². The van der Waals surface area contributed by atoms with Crippen molar-refractivity contribution in [2.75, 3.05) is 32.8 Å². The summed E-state index contributed by atoms with van der Waals surface area (Å²) in [6.45, 7) is 12.0. The third-order valence-corrected chi connectivity index (χ3v) is 13.2. The molecule has 2 fully saturated rings. The van der Waals surface area contributed by atoms with Gasteiger partial charge in [0.1, 0.15) is 60.4 Å². The van der Waals surface area contributed by atoms with Crippen LogP contribution in [0.2, 0.25) is 0 Å². The molecule has 0 aromatic rings. The van der Waals surface area contributed by atoms with Crippen LogP contribution in [0.25, 0.3) is 0 Å². The number of hydrogen-bond donors (Lipinski definition) is 13. The summed E-state index contributed by atoms with van der Waals surface area (Å²) < 4.78 is 0. The molecule has 26 heteroatoms. The van der Waals surface area contributed by atoms with Gasteiger partial charge < -0.3 is 80.2 Å². The number of rotatable bonds is 33. The molecule has 10 atom stereocenters. The Hall–Kier alpha value is -5.99. The van der Waals surface area contributed by atoms with Gasteiger partial charge in [0, 0.05) is 19.5 Å². The Morgan fingerprint density at radius 3 is 1.47 bits per heavy atom. The minimum absolute atomic E-state index is 0.0815. The molecule has 0 radical (unpaired) electrons. The topological polar surface area (TPSA) is 423 Å². The van der Waals surface area contributed by atoms with Gasteiger partial charge in [0.05, 0.1) is 6.61 Å². The minimum atomic E-state index is -1.41. The number of carbonyl (C=O) groups excluding carboxylic acids is 10. The maximum absolute atomic E-state index is 14.5. The highest BCUT2D eigenvalue weighted by atomic mass is 16.4. The predicted octanol–water partition coefficient (Wildman–Crippen LogP) is -3.33. The zero-order valence-electron chi connectivity index (χ0n) is 44.8. The van der Waals surface area contributed by atoms with Crippen molar-refractivity contribution in [1.82, 2.24) is 47.0 Å². The predicted molar refractivity (Wildman–Crippen MR) is 275 cm³/mol. The zero-order valence-corrected chi connectivity index (χ0v) is 44.8. The molecule has 0 spiro atoms. The molecule has 2 rings (SSSR count). The van der Waals surface area contributed by atoms with Gasteiger partial charge in [0.2, 0.25) is 59.1 Å². The van der Waals surface area contributed by atoms with E-state index >= 15 is 0 Å². The standard InChI is InChI=1S/C49H87N13O13/c1-26(2)24-34(58-46(71)38(27(3)4)59-43(68)32(15-9-11-21-51)55-40(65)30(52)25-63)47(72)61-22-12-17-36(61)45(70)60-39(28(5)6)48(73)62-23-13-16-35(62)44(69)57-33(18-19-37(53)64)42(67)56-31(14-8-10-20-50)41(66)54-29(7)49(74)75/h26-36,38-39,63H,8-25,50-52H2,1-7H3,(H2,53,64)(H,54,66)(H,55,65)(H,56,67)(H,57,69)(H,58,71)(H,59,68)(H,60,70)(H,74,75)/t29-,30-,31-,32-,33-,34-,35-,36-,38-,39-/m0/s1. The number of aliphatic hydroxyl groups excluding tert-OH is 1. The van der Waals surface area contributed by atoms with Crippen LogP contribution in [-0.4, -0.2) is 178 Å². The number of carboxylic acids is 1. The molecule has 2 aliphatic rings. The zero-order chi connectivity index (χ0) is 56.7. The summed E-state index contributed by atoms with van der Waals surface area (Å²) in [6, 6.07) is -11.9. The van der Waals surface area contributed by atoms with E-state index < -0.39 is 144 Å². The van der Waals surface area contributed by atoms with E-state index in [2.05, 4.69) is 37.2 Å². The van der Waals surface area contributed by atoms with Crippen molar-refractivity contribution in [2.24, 2.45) is 40.7 Å². The maximum Gasteiger partial charge on any atom is 0.325 e. The van der Waals surface area contributed by atoms with Crippen molar-refractivity contribution < 1.29 is 63.0 Å². The molecular formula is C49H87N13O13. The van der Waals surface area contributed by atoms with Gasteiger partial charge in [-0.3, -0.25) is 52.7 Å². The number of amides is 10. The van der Waals surface area contributed by atoms with Crippen molar-refractivity contribution in [3.63, 3.8) is 0 Å². The second-order valence-electron chi connectivity index (χ2n) is 20.6. The smallest absolute Gasteiger partial charge is 0.325 e. The molecule has 0 saturated carbocycles.